The number of halogens is 1. The molecule has 10 nitrogen and oxygen atoms in total. The third-order valence-corrected chi connectivity index (χ3v) is 5.95. The number of benzene rings is 2. The number of ether oxygens (including phenoxy) is 2. The van der Waals surface area contributed by atoms with Gasteiger partial charge < -0.3 is 26.3 Å². The Balaban J connectivity index is 1.80. The van der Waals surface area contributed by atoms with Crippen molar-refractivity contribution in [2.24, 2.45) is 4.99 Å². The maximum absolute atomic E-state index is 9.51. The van der Waals surface area contributed by atoms with Crippen LogP contribution in [0.5, 0.6) is 11.5 Å². The number of aliphatic imine (C=N–C) groups is 1. The van der Waals surface area contributed by atoms with Crippen molar-refractivity contribution in [3.05, 3.63) is 68.3 Å². The van der Waals surface area contributed by atoms with Gasteiger partial charge >= 0.3 is 0 Å². The van der Waals surface area contributed by atoms with Crippen molar-refractivity contribution in [1.82, 2.24) is 10.3 Å². The molecule has 34 heavy (non-hydrogen) atoms. The van der Waals surface area contributed by atoms with Gasteiger partial charge in [0.2, 0.25) is 5.96 Å². The number of nitriles is 2. The Labute approximate surface area is 209 Å². The summed E-state index contributed by atoms with van der Waals surface area (Å²) in [6, 6.07) is 14.8. The summed E-state index contributed by atoms with van der Waals surface area (Å²) < 4.78 is 12.5. The Morgan fingerprint density at radius 3 is 2.65 bits per heavy atom. The Kier molecular flexibility index (Phi) is 6.56. The van der Waals surface area contributed by atoms with Crippen LogP contribution in [0.2, 0.25) is 0 Å². The number of hydrogen-bond donors (Lipinski definition) is 4. The van der Waals surface area contributed by atoms with Gasteiger partial charge in [-0.05, 0) is 45.9 Å². The fourth-order valence-electron chi connectivity index (χ4n) is 3.59. The van der Waals surface area contributed by atoms with Crippen LogP contribution in [0, 0.1) is 26.4 Å². The van der Waals surface area contributed by atoms with E-state index in [1.54, 1.807) is 13.2 Å². The molecule has 170 valence electrons. The second-order valence-corrected chi connectivity index (χ2v) is 8.37. The lowest BCUT2D eigenvalue weighted by atomic mass is 9.95. The number of methoxy groups -OCH3 is 1. The summed E-state index contributed by atoms with van der Waals surface area (Å²) >= 11 is 2.17. The van der Waals surface area contributed by atoms with E-state index >= 15 is 0 Å². The fourth-order valence-corrected chi connectivity index (χ4v) is 4.37. The molecule has 0 saturated carbocycles. The van der Waals surface area contributed by atoms with Crippen LogP contribution in [-0.2, 0) is 6.61 Å². The highest BCUT2D eigenvalue weighted by atomic mass is 127. The summed E-state index contributed by atoms with van der Waals surface area (Å²) in [5.74, 6) is 1.57. The van der Waals surface area contributed by atoms with Crippen LogP contribution in [-0.4, -0.2) is 18.1 Å². The summed E-state index contributed by atoms with van der Waals surface area (Å²) in [7, 11) is 1.55. The van der Waals surface area contributed by atoms with Gasteiger partial charge in [-0.15, -0.1) is 0 Å². The largest absolute Gasteiger partial charge is 0.493 e. The quantitative estimate of drug-likeness (QED) is 0.206. The predicted octanol–water partition coefficient (Wildman–Crippen LogP) is 3.25. The van der Waals surface area contributed by atoms with Crippen molar-refractivity contribution in [2.75, 3.05) is 23.9 Å². The molecule has 2 heterocycles. The zero-order chi connectivity index (χ0) is 24.2. The van der Waals surface area contributed by atoms with Gasteiger partial charge in [-0.2, -0.15) is 10.5 Å². The summed E-state index contributed by atoms with van der Waals surface area (Å²) in [5, 5.41) is 24.0. The van der Waals surface area contributed by atoms with E-state index in [2.05, 4.69) is 43.2 Å². The number of anilines is 3. The molecule has 0 amide bonds. The number of rotatable bonds is 5. The zero-order valence-electron chi connectivity index (χ0n) is 18.0. The Bertz CT molecular complexity index is 1360. The number of hydrogen-bond acceptors (Lipinski definition) is 10. The van der Waals surface area contributed by atoms with Crippen molar-refractivity contribution in [1.29, 1.82) is 10.5 Å². The minimum Gasteiger partial charge on any atom is -0.493 e. The highest BCUT2D eigenvalue weighted by molar-refractivity contribution is 14.1. The molecule has 0 radical (unpaired) electrons. The van der Waals surface area contributed by atoms with Gasteiger partial charge in [0.1, 0.15) is 35.9 Å². The topological polar surface area (TPSA) is 167 Å². The highest BCUT2D eigenvalue weighted by Crippen LogP contribution is 2.44. The lowest BCUT2D eigenvalue weighted by molar-refractivity contribution is 0.282. The fraction of sp³-hybridized carbons (Fsp3) is 0.130. The number of fused-ring (bicyclic) bond motifs is 1. The number of nitrogens with two attached hydrogens (primary N) is 2. The molecule has 1 aliphatic heterocycles. The molecule has 0 saturated heterocycles. The van der Waals surface area contributed by atoms with Gasteiger partial charge in [-0.3, -0.25) is 5.32 Å². The van der Waals surface area contributed by atoms with E-state index in [1.807, 2.05) is 48.7 Å². The van der Waals surface area contributed by atoms with Crippen LogP contribution in [0.3, 0.4) is 0 Å². The zero-order valence-corrected chi connectivity index (χ0v) is 20.1. The molecule has 0 aliphatic carbocycles. The third-order valence-electron chi connectivity index (χ3n) is 5.15. The second-order valence-electron chi connectivity index (χ2n) is 7.21. The first kappa shape index (κ1) is 22.9. The molecule has 0 fully saturated rings. The average molecular weight is 566 g/mol. The number of aromatic nitrogens is 1. The summed E-state index contributed by atoms with van der Waals surface area (Å²) in [6.45, 7) is 0.374. The van der Waals surface area contributed by atoms with Gasteiger partial charge in [0.25, 0.3) is 0 Å². The SMILES string of the molecule is COc1cc(C2N=C(NC#N)Nc3nc(N)c(C#N)c(N)c32)cc(I)c1OCc1ccccc1. The molecule has 1 aliphatic rings. The third kappa shape index (κ3) is 4.33. The first-order chi connectivity index (χ1) is 16.5. The summed E-state index contributed by atoms with van der Waals surface area (Å²) in [5.41, 5.74) is 14.7. The number of guanidine groups is 1. The number of nitrogen functional groups attached to an aromatic ring is 2. The molecule has 4 rings (SSSR count). The Morgan fingerprint density at radius 2 is 1.97 bits per heavy atom. The standard InChI is InChI=1S/C23H19IN8O2/c1-33-16-8-13(7-15(24)20(16)34-10-12-5-3-2-4-6-12)19-17-18(27)14(9-25)21(28)31-22(17)32-23(30-19)29-11-26/h2-8,19H,10H2,1H3,(H6,27,28,29,30,31,32). The van der Waals surface area contributed by atoms with Crippen molar-refractivity contribution in [3.63, 3.8) is 0 Å². The maximum Gasteiger partial charge on any atom is 0.211 e. The molecule has 3 aromatic rings. The lowest BCUT2D eigenvalue weighted by Crippen LogP contribution is -2.32. The van der Waals surface area contributed by atoms with Gasteiger partial charge in [-0.25, -0.2) is 9.98 Å². The Morgan fingerprint density at radius 1 is 1.21 bits per heavy atom. The molecular weight excluding hydrogens is 547 g/mol. The lowest BCUT2D eigenvalue weighted by Gasteiger charge is -2.27. The smallest absolute Gasteiger partial charge is 0.211 e. The van der Waals surface area contributed by atoms with Gasteiger partial charge in [0, 0.05) is 5.56 Å². The minimum atomic E-state index is -0.683. The molecule has 1 aromatic heterocycles. The van der Waals surface area contributed by atoms with Crippen molar-refractivity contribution in [2.45, 2.75) is 12.6 Å². The molecule has 11 heteroatoms. The van der Waals surface area contributed by atoms with Crippen LogP contribution in [0.4, 0.5) is 17.3 Å². The predicted molar refractivity (Wildman–Crippen MR) is 136 cm³/mol. The van der Waals surface area contributed by atoms with E-state index < -0.39 is 6.04 Å². The van der Waals surface area contributed by atoms with E-state index in [0.29, 0.717) is 35.1 Å². The molecule has 0 bridgehead atoms. The minimum absolute atomic E-state index is 0.0139. The van der Waals surface area contributed by atoms with E-state index in [1.165, 1.54) is 0 Å². The van der Waals surface area contributed by atoms with Crippen LogP contribution in [0.15, 0.2) is 47.5 Å². The van der Waals surface area contributed by atoms with Crippen LogP contribution < -0.4 is 31.6 Å². The molecule has 1 unspecified atom stereocenters. The maximum atomic E-state index is 9.51. The van der Waals surface area contributed by atoms with Gasteiger partial charge in [-0.1, -0.05) is 30.3 Å². The number of nitrogens with one attached hydrogen (secondary N) is 2. The first-order valence-corrected chi connectivity index (χ1v) is 11.1. The van der Waals surface area contributed by atoms with Gasteiger partial charge in [0.05, 0.1) is 16.4 Å². The first-order valence-electron chi connectivity index (χ1n) is 9.99. The van der Waals surface area contributed by atoms with E-state index in [0.717, 1.165) is 9.13 Å². The van der Waals surface area contributed by atoms with E-state index in [-0.39, 0.29) is 23.0 Å². The molecule has 6 N–H and O–H groups in total. The van der Waals surface area contributed by atoms with Crippen molar-refractivity contribution >= 4 is 45.9 Å². The number of nitrogens with zero attached hydrogens (tertiary/aromatic N) is 4. The van der Waals surface area contributed by atoms with E-state index in [9.17, 15) is 5.26 Å². The van der Waals surface area contributed by atoms with Crippen LogP contribution in [0.25, 0.3) is 0 Å². The highest BCUT2D eigenvalue weighted by Gasteiger charge is 2.31. The van der Waals surface area contributed by atoms with Crippen molar-refractivity contribution in [3.8, 4) is 23.8 Å². The normalized spacial score (nSPS) is 14.0. The monoisotopic (exact) mass is 566 g/mol. The van der Waals surface area contributed by atoms with E-state index in [4.69, 9.17) is 26.2 Å². The summed E-state index contributed by atoms with van der Waals surface area (Å²) in [6.07, 6.45) is 1.84. The molecule has 0 spiro atoms. The molecular formula is C23H19IN8O2. The van der Waals surface area contributed by atoms with Crippen LogP contribution >= 0.6 is 22.6 Å². The van der Waals surface area contributed by atoms with Gasteiger partial charge in [0.15, 0.2) is 17.7 Å². The molecule has 1 atom stereocenters. The average Bonchev–Trinajstić information content (AvgIpc) is 2.83. The summed E-state index contributed by atoms with van der Waals surface area (Å²) in [4.78, 5) is 8.87. The Hall–Kier alpha value is -4.23. The number of pyridine rings is 1. The molecule has 2 aromatic carbocycles. The second kappa shape index (κ2) is 9.72. The van der Waals surface area contributed by atoms with Crippen molar-refractivity contribution < 1.29 is 9.47 Å². The van der Waals surface area contributed by atoms with Crippen LogP contribution in [0.1, 0.15) is 28.3 Å².